The van der Waals surface area contributed by atoms with E-state index >= 15 is 0 Å². The van der Waals surface area contributed by atoms with E-state index in [0.717, 1.165) is 22.9 Å². The Balaban J connectivity index is 1.28. The summed E-state index contributed by atoms with van der Waals surface area (Å²) in [7, 11) is 1.47. The van der Waals surface area contributed by atoms with E-state index in [0.29, 0.717) is 27.8 Å². The number of rotatable bonds is 6. The average molecular weight is 585 g/mol. The molecule has 0 fully saturated rings. The normalized spacial score (nSPS) is 12.1. The van der Waals surface area contributed by atoms with E-state index in [1.807, 2.05) is 0 Å². The number of hydrogen-bond donors (Lipinski definition) is 0. The summed E-state index contributed by atoms with van der Waals surface area (Å²) in [6.07, 6.45) is -3.36. The maximum Gasteiger partial charge on any atom is 0.417 e. The highest BCUT2D eigenvalue weighted by Crippen LogP contribution is 2.41. The molecule has 214 valence electrons. The number of nitrogens with zero attached hydrogens (tertiary/aromatic N) is 5. The lowest BCUT2D eigenvalue weighted by Gasteiger charge is -2.14. The molecule has 0 bridgehead atoms. The van der Waals surface area contributed by atoms with E-state index in [1.54, 1.807) is 42.5 Å². The molecule has 10 nitrogen and oxygen atoms in total. The molecule has 0 atom stereocenters. The number of halogens is 3. The summed E-state index contributed by atoms with van der Waals surface area (Å²) >= 11 is 0. The van der Waals surface area contributed by atoms with Gasteiger partial charge in [-0.05, 0) is 42.5 Å². The smallest absolute Gasteiger partial charge is 0.417 e. The van der Waals surface area contributed by atoms with Gasteiger partial charge in [0, 0.05) is 21.9 Å². The summed E-state index contributed by atoms with van der Waals surface area (Å²) < 4.78 is 52.4. The van der Waals surface area contributed by atoms with Crippen LogP contribution in [0.25, 0.3) is 27.7 Å². The highest BCUT2D eigenvalue weighted by atomic mass is 19.4. The first-order valence-electron chi connectivity index (χ1n) is 12.7. The van der Waals surface area contributed by atoms with Gasteiger partial charge in [0.2, 0.25) is 0 Å². The number of pyridine rings is 1. The van der Waals surface area contributed by atoms with E-state index in [-0.39, 0.29) is 34.9 Å². The molecule has 0 spiro atoms. The van der Waals surface area contributed by atoms with Crippen LogP contribution in [0.3, 0.4) is 0 Å². The number of nitriles is 1. The molecule has 0 amide bonds. The van der Waals surface area contributed by atoms with Crippen LogP contribution in [0.2, 0.25) is 0 Å². The molecule has 6 rings (SSSR count). The number of alkyl halides is 3. The molecule has 43 heavy (non-hydrogen) atoms. The lowest BCUT2D eigenvalue weighted by Crippen LogP contribution is -2.27. The van der Waals surface area contributed by atoms with Crippen LogP contribution < -0.4 is 10.3 Å². The first-order valence-corrected chi connectivity index (χ1v) is 12.7. The molecule has 0 aliphatic heterocycles. The summed E-state index contributed by atoms with van der Waals surface area (Å²) in [6, 6.07) is 16.0. The second-order valence-electron chi connectivity index (χ2n) is 9.56. The highest BCUT2D eigenvalue weighted by Gasteiger charge is 2.35. The minimum atomic E-state index is -4.69. The van der Waals surface area contributed by atoms with Gasteiger partial charge in [-0.3, -0.25) is 19.0 Å². The third-order valence-electron chi connectivity index (χ3n) is 7.03. The van der Waals surface area contributed by atoms with Crippen molar-refractivity contribution in [3.8, 4) is 28.8 Å². The quantitative estimate of drug-likeness (QED) is 0.263. The van der Waals surface area contributed by atoms with Gasteiger partial charge in [0.25, 0.3) is 5.56 Å². The minimum Gasteiger partial charge on any atom is -0.497 e. The molecular formula is C30H18F3N5O5. The van der Waals surface area contributed by atoms with Gasteiger partial charge in [0.1, 0.15) is 24.6 Å². The van der Waals surface area contributed by atoms with Gasteiger partial charge < -0.3 is 9.47 Å². The van der Waals surface area contributed by atoms with Gasteiger partial charge in [0.15, 0.2) is 5.78 Å². The van der Waals surface area contributed by atoms with Gasteiger partial charge >= 0.3 is 12.1 Å². The molecule has 1 aliphatic rings. The van der Waals surface area contributed by atoms with Gasteiger partial charge in [-0.1, -0.05) is 23.4 Å². The third kappa shape index (κ3) is 4.68. The van der Waals surface area contributed by atoms with Crippen LogP contribution in [-0.4, -0.2) is 38.4 Å². The van der Waals surface area contributed by atoms with Crippen molar-refractivity contribution in [2.75, 3.05) is 7.11 Å². The Morgan fingerprint density at radius 2 is 1.79 bits per heavy atom. The van der Waals surface area contributed by atoms with Crippen molar-refractivity contribution in [3.63, 3.8) is 0 Å². The van der Waals surface area contributed by atoms with Gasteiger partial charge in [-0.25, -0.2) is 4.68 Å². The van der Waals surface area contributed by atoms with Gasteiger partial charge in [-0.15, -0.1) is 5.10 Å². The topological polar surface area (TPSA) is 129 Å². The molecule has 0 radical (unpaired) electrons. The predicted octanol–water partition coefficient (Wildman–Crippen LogP) is 4.44. The van der Waals surface area contributed by atoms with Crippen molar-refractivity contribution in [2.45, 2.75) is 19.3 Å². The number of carbonyl (C=O) groups is 2. The molecule has 3 aromatic carbocycles. The van der Waals surface area contributed by atoms with E-state index < -0.39 is 35.4 Å². The Morgan fingerprint density at radius 3 is 2.51 bits per heavy atom. The lowest BCUT2D eigenvalue weighted by molar-refractivity contribution is -0.145. The number of carbonyl (C=O) groups excluding carboxylic acids is 2. The van der Waals surface area contributed by atoms with E-state index in [1.165, 1.54) is 23.9 Å². The number of fused-ring (bicyclic) bond motifs is 5. The number of ether oxygens (including phenoxy) is 2. The maximum atomic E-state index is 13.6. The van der Waals surface area contributed by atoms with Gasteiger partial charge in [0.05, 0.1) is 47.4 Å². The van der Waals surface area contributed by atoms with Crippen molar-refractivity contribution in [3.05, 3.63) is 105 Å². The van der Waals surface area contributed by atoms with Crippen LogP contribution in [0.15, 0.2) is 71.7 Å². The van der Waals surface area contributed by atoms with Crippen molar-refractivity contribution >= 4 is 22.5 Å². The van der Waals surface area contributed by atoms with Crippen molar-refractivity contribution < 1.29 is 32.2 Å². The summed E-state index contributed by atoms with van der Waals surface area (Å²) in [5.74, 6) is -0.628. The third-order valence-corrected chi connectivity index (χ3v) is 7.03. The summed E-state index contributed by atoms with van der Waals surface area (Å²) in [5, 5.41) is 17.6. The van der Waals surface area contributed by atoms with Crippen LogP contribution in [0.1, 0.15) is 32.7 Å². The fourth-order valence-electron chi connectivity index (χ4n) is 5.07. The SMILES string of the molecule is COc1ccc2c(c1)-c1c(c3ccccc3c(=O)n1CC(=O)OCc1cn(-c3ccc(C(F)(F)F)c(C#N)c3)nn1)C2=O. The van der Waals surface area contributed by atoms with E-state index in [9.17, 15) is 27.6 Å². The van der Waals surface area contributed by atoms with Crippen molar-refractivity contribution in [2.24, 2.45) is 0 Å². The maximum absolute atomic E-state index is 13.6. The van der Waals surface area contributed by atoms with Crippen molar-refractivity contribution in [1.82, 2.24) is 19.6 Å². The largest absolute Gasteiger partial charge is 0.497 e. The molecule has 5 aromatic rings. The average Bonchev–Trinajstić information content (AvgIpc) is 3.60. The number of esters is 1. The first-order chi connectivity index (χ1) is 20.6. The Bertz CT molecular complexity index is 2070. The monoisotopic (exact) mass is 585 g/mol. The fourth-order valence-corrected chi connectivity index (χ4v) is 5.07. The molecular weight excluding hydrogens is 567 g/mol. The standard InChI is InChI=1S/C30H18F3N5O5/c1-42-19-7-8-21-23(11-19)27-26(28(21)40)20-4-2-3-5-22(20)29(41)37(27)14-25(39)43-15-17-13-38(36-35-17)18-6-9-24(30(31,32)33)16(10-18)12-34/h2-11,13H,14-15H2,1H3. The fraction of sp³-hybridized carbons (Fsp3) is 0.133. The van der Waals surface area contributed by atoms with Crippen LogP contribution in [0, 0.1) is 11.3 Å². The van der Waals surface area contributed by atoms with E-state index in [4.69, 9.17) is 14.7 Å². The minimum absolute atomic E-state index is 0.145. The second-order valence-corrected chi connectivity index (χ2v) is 9.56. The van der Waals surface area contributed by atoms with E-state index in [2.05, 4.69) is 10.3 Å². The molecule has 0 unspecified atom stereocenters. The van der Waals surface area contributed by atoms with Gasteiger partial charge in [-0.2, -0.15) is 18.4 Å². The Kier molecular flexibility index (Phi) is 6.53. The number of hydrogen-bond acceptors (Lipinski definition) is 8. The summed E-state index contributed by atoms with van der Waals surface area (Å²) in [6.45, 7) is -0.882. The van der Waals surface area contributed by atoms with Crippen LogP contribution in [0.4, 0.5) is 13.2 Å². The zero-order valence-electron chi connectivity index (χ0n) is 22.2. The van der Waals surface area contributed by atoms with Crippen LogP contribution >= 0.6 is 0 Å². The first kappa shape index (κ1) is 27.4. The Morgan fingerprint density at radius 1 is 1.02 bits per heavy atom. The summed E-state index contributed by atoms with van der Waals surface area (Å²) in [4.78, 5) is 40.0. The molecule has 0 saturated heterocycles. The van der Waals surface area contributed by atoms with Crippen LogP contribution in [0.5, 0.6) is 5.75 Å². The zero-order valence-corrected chi connectivity index (χ0v) is 22.2. The molecule has 1 aliphatic carbocycles. The highest BCUT2D eigenvalue weighted by molar-refractivity contribution is 6.26. The molecule has 0 saturated carbocycles. The molecule has 0 N–H and O–H groups in total. The number of ketones is 1. The number of benzene rings is 3. The second kappa shape index (κ2) is 10.3. The zero-order chi connectivity index (χ0) is 30.5. The molecule has 13 heteroatoms. The molecule has 2 aromatic heterocycles. The lowest BCUT2D eigenvalue weighted by atomic mass is 10.0. The molecule has 2 heterocycles. The number of aromatic nitrogens is 4. The number of methoxy groups -OCH3 is 1. The van der Waals surface area contributed by atoms with Crippen LogP contribution in [-0.2, 0) is 28.9 Å². The Hall–Kier alpha value is -5.77. The summed E-state index contributed by atoms with van der Waals surface area (Å²) in [5.41, 5.74) is -0.454. The predicted molar refractivity (Wildman–Crippen MR) is 145 cm³/mol. The Labute approximate surface area is 240 Å². The van der Waals surface area contributed by atoms with Crippen molar-refractivity contribution in [1.29, 1.82) is 5.26 Å².